The van der Waals surface area contributed by atoms with Crippen molar-refractivity contribution in [3.8, 4) is 0 Å². The first-order valence-corrected chi connectivity index (χ1v) is 12.5. The first kappa shape index (κ1) is 30.3. The number of aliphatic hydroxyl groups is 1. The molecule has 0 aliphatic carbocycles. The Labute approximate surface area is 223 Å². The van der Waals surface area contributed by atoms with Gasteiger partial charge in [0.25, 0.3) is 5.72 Å². The van der Waals surface area contributed by atoms with Gasteiger partial charge in [0.1, 0.15) is 12.6 Å². The summed E-state index contributed by atoms with van der Waals surface area (Å²) < 4.78 is 10.4. The highest BCUT2D eigenvalue weighted by atomic mass is 16.6. The van der Waals surface area contributed by atoms with Gasteiger partial charge in [-0.2, -0.15) is 0 Å². The molecule has 0 saturated carbocycles. The van der Waals surface area contributed by atoms with Gasteiger partial charge < -0.3 is 30.1 Å². The predicted molar refractivity (Wildman–Crippen MR) is 141 cm³/mol. The molecular formula is C28H37N3O7. The molecule has 2 aromatic rings. The minimum atomic E-state index is -2.48. The monoisotopic (exact) mass is 527 g/mol. The van der Waals surface area contributed by atoms with Crippen LogP contribution in [-0.2, 0) is 36.9 Å². The zero-order valence-corrected chi connectivity index (χ0v) is 22.3. The van der Waals surface area contributed by atoms with Gasteiger partial charge in [-0.15, -0.1) is 0 Å². The number of urea groups is 1. The van der Waals surface area contributed by atoms with Gasteiger partial charge in [0.05, 0.1) is 13.2 Å². The number of ether oxygens (including phenoxy) is 2. The molecule has 0 saturated heterocycles. The molecule has 0 spiro atoms. The Balaban J connectivity index is 2.27. The minimum Gasteiger partial charge on any atom is -0.462 e. The van der Waals surface area contributed by atoms with E-state index in [4.69, 9.17) is 9.47 Å². The highest BCUT2D eigenvalue weighted by Crippen LogP contribution is 2.13. The van der Waals surface area contributed by atoms with Crippen molar-refractivity contribution >= 4 is 23.9 Å². The van der Waals surface area contributed by atoms with E-state index < -0.39 is 42.2 Å². The summed E-state index contributed by atoms with van der Waals surface area (Å²) in [6.45, 7) is 5.90. The van der Waals surface area contributed by atoms with Crippen molar-refractivity contribution in [2.75, 3.05) is 19.7 Å². The van der Waals surface area contributed by atoms with Crippen molar-refractivity contribution in [1.29, 1.82) is 0 Å². The average Bonchev–Trinajstić information content (AvgIpc) is 2.87. The van der Waals surface area contributed by atoms with Crippen LogP contribution < -0.4 is 10.6 Å². The lowest BCUT2D eigenvalue weighted by Crippen LogP contribution is -2.63. The fourth-order valence-corrected chi connectivity index (χ4v) is 3.75. The van der Waals surface area contributed by atoms with E-state index in [1.807, 2.05) is 74.5 Å². The van der Waals surface area contributed by atoms with Crippen LogP contribution in [0, 0.1) is 5.92 Å². The molecule has 3 N–H and O–H groups in total. The van der Waals surface area contributed by atoms with E-state index in [1.54, 1.807) is 6.92 Å². The molecule has 0 fully saturated rings. The van der Waals surface area contributed by atoms with Crippen LogP contribution in [0.3, 0.4) is 0 Å². The van der Waals surface area contributed by atoms with E-state index in [2.05, 4.69) is 10.6 Å². The number of hydrogen-bond donors (Lipinski definition) is 3. The molecule has 2 rings (SSSR count). The standard InChI is InChI=1S/C28H37N3O7/c1-5-37-26(34)28(36,30-21(4)32)19-31(17-20(2)3)27(35)29-24(16-22-12-8-6-9-13-22)25(33)38-18-23-14-10-7-11-15-23/h6-15,20,24,36H,5,16-19H2,1-4H3,(H,29,35)(H,30,32)/t24-,28?/m0/s1. The Morgan fingerprint density at radius 3 is 2.05 bits per heavy atom. The molecule has 0 aromatic heterocycles. The first-order valence-electron chi connectivity index (χ1n) is 12.5. The van der Waals surface area contributed by atoms with Gasteiger partial charge >= 0.3 is 18.0 Å². The normalized spacial score (nSPS) is 13.1. The molecule has 38 heavy (non-hydrogen) atoms. The summed E-state index contributed by atoms with van der Waals surface area (Å²) in [6.07, 6.45) is 0.156. The lowest BCUT2D eigenvalue weighted by Gasteiger charge is -2.34. The number of hydrogen-bond acceptors (Lipinski definition) is 7. The van der Waals surface area contributed by atoms with Gasteiger partial charge in [0.15, 0.2) is 0 Å². The van der Waals surface area contributed by atoms with Crippen LogP contribution in [0.1, 0.15) is 38.8 Å². The molecule has 1 unspecified atom stereocenters. The summed E-state index contributed by atoms with van der Waals surface area (Å²) in [5.41, 5.74) is -0.885. The van der Waals surface area contributed by atoms with Gasteiger partial charge in [0.2, 0.25) is 5.91 Å². The summed E-state index contributed by atoms with van der Waals surface area (Å²) in [4.78, 5) is 51.9. The van der Waals surface area contributed by atoms with Crippen LogP contribution in [0.2, 0.25) is 0 Å². The minimum absolute atomic E-state index is 0.0294. The third-order valence-electron chi connectivity index (χ3n) is 5.38. The number of rotatable bonds is 13. The van der Waals surface area contributed by atoms with Gasteiger partial charge in [-0.3, -0.25) is 4.79 Å². The third kappa shape index (κ3) is 9.85. The Hall–Kier alpha value is -3.92. The first-order chi connectivity index (χ1) is 18.0. The lowest BCUT2D eigenvalue weighted by molar-refractivity contribution is -0.172. The Morgan fingerprint density at radius 1 is 0.947 bits per heavy atom. The second-order valence-electron chi connectivity index (χ2n) is 9.32. The second-order valence-corrected chi connectivity index (χ2v) is 9.32. The summed E-state index contributed by atoms with van der Waals surface area (Å²) in [7, 11) is 0. The Kier molecular flexibility index (Phi) is 11.7. The van der Waals surface area contributed by atoms with Crippen molar-refractivity contribution in [2.45, 2.75) is 52.5 Å². The maximum Gasteiger partial charge on any atom is 0.361 e. The summed E-state index contributed by atoms with van der Waals surface area (Å²) in [6, 6.07) is 16.5. The van der Waals surface area contributed by atoms with Crippen molar-refractivity contribution in [3.05, 3.63) is 71.8 Å². The van der Waals surface area contributed by atoms with E-state index in [9.17, 15) is 24.3 Å². The molecular weight excluding hydrogens is 490 g/mol. The quantitative estimate of drug-likeness (QED) is 0.269. The maximum atomic E-state index is 13.4. The van der Waals surface area contributed by atoms with Crippen molar-refractivity contribution in [3.63, 3.8) is 0 Å². The molecule has 0 aliphatic rings. The van der Waals surface area contributed by atoms with Gasteiger partial charge in [-0.1, -0.05) is 74.5 Å². The SMILES string of the molecule is CCOC(=O)C(O)(CN(CC(C)C)C(=O)N[C@@H](Cc1ccccc1)C(=O)OCc1ccccc1)NC(C)=O. The number of carbonyl (C=O) groups is 4. The highest BCUT2D eigenvalue weighted by molar-refractivity contribution is 5.87. The molecule has 10 nitrogen and oxygen atoms in total. The van der Waals surface area contributed by atoms with Crippen LogP contribution in [0.4, 0.5) is 4.79 Å². The molecule has 10 heteroatoms. The maximum absolute atomic E-state index is 13.4. The molecule has 0 aliphatic heterocycles. The molecule has 2 atom stereocenters. The van der Waals surface area contributed by atoms with Crippen molar-refractivity contribution in [2.24, 2.45) is 5.92 Å². The van der Waals surface area contributed by atoms with Crippen molar-refractivity contribution < 1.29 is 33.8 Å². The number of esters is 2. The zero-order chi connectivity index (χ0) is 28.1. The molecule has 2 aromatic carbocycles. The molecule has 3 amide bonds. The van der Waals surface area contributed by atoms with Gasteiger partial charge in [-0.25, -0.2) is 14.4 Å². The van der Waals surface area contributed by atoms with E-state index >= 15 is 0 Å². The van der Waals surface area contributed by atoms with Crippen LogP contribution in [0.5, 0.6) is 0 Å². The molecule has 0 radical (unpaired) electrons. The number of nitrogens with zero attached hydrogens (tertiary/aromatic N) is 1. The Bertz CT molecular complexity index is 1060. The number of benzene rings is 2. The fourth-order valence-electron chi connectivity index (χ4n) is 3.75. The smallest absolute Gasteiger partial charge is 0.361 e. The Morgan fingerprint density at radius 2 is 1.53 bits per heavy atom. The number of nitrogens with one attached hydrogen (secondary N) is 2. The van der Waals surface area contributed by atoms with Gasteiger partial charge in [0, 0.05) is 19.9 Å². The lowest BCUT2D eigenvalue weighted by atomic mass is 10.1. The predicted octanol–water partition coefficient (Wildman–Crippen LogP) is 2.40. The summed E-state index contributed by atoms with van der Waals surface area (Å²) in [5.74, 6) is -2.49. The van der Waals surface area contributed by atoms with Crippen LogP contribution in [-0.4, -0.2) is 65.3 Å². The number of amides is 3. The second kappa shape index (κ2) is 14.7. The zero-order valence-electron chi connectivity index (χ0n) is 22.3. The summed E-state index contributed by atoms with van der Waals surface area (Å²) >= 11 is 0. The van der Waals surface area contributed by atoms with E-state index in [1.165, 1.54) is 4.90 Å². The highest BCUT2D eigenvalue weighted by Gasteiger charge is 2.42. The number of carbonyl (C=O) groups excluding carboxylic acids is 4. The fraction of sp³-hybridized carbons (Fsp3) is 0.429. The molecule has 206 valence electrons. The van der Waals surface area contributed by atoms with Gasteiger partial charge in [-0.05, 0) is 24.0 Å². The van der Waals surface area contributed by atoms with E-state index in [0.29, 0.717) is 0 Å². The van der Waals surface area contributed by atoms with Crippen LogP contribution in [0.15, 0.2) is 60.7 Å². The topological polar surface area (TPSA) is 134 Å². The third-order valence-corrected chi connectivity index (χ3v) is 5.38. The largest absolute Gasteiger partial charge is 0.462 e. The van der Waals surface area contributed by atoms with Crippen LogP contribution in [0.25, 0.3) is 0 Å². The van der Waals surface area contributed by atoms with E-state index in [0.717, 1.165) is 18.1 Å². The van der Waals surface area contributed by atoms with Crippen molar-refractivity contribution in [1.82, 2.24) is 15.5 Å². The summed E-state index contributed by atoms with van der Waals surface area (Å²) in [5, 5.41) is 15.9. The van der Waals surface area contributed by atoms with Crippen LogP contribution >= 0.6 is 0 Å². The molecule has 0 heterocycles. The average molecular weight is 528 g/mol. The molecule has 0 bridgehead atoms. The van der Waals surface area contributed by atoms with E-state index in [-0.39, 0.29) is 32.1 Å².